The summed E-state index contributed by atoms with van der Waals surface area (Å²) in [6, 6.07) is 6.92. The van der Waals surface area contributed by atoms with Crippen molar-refractivity contribution in [2.45, 2.75) is 0 Å². The van der Waals surface area contributed by atoms with Crippen molar-refractivity contribution in [2.75, 3.05) is 24.7 Å². The Morgan fingerprint density at radius 1 is 1.29 bits per heavy atom. The van der Waals surface area contributed by atoms with Crippen LogP contribution in [0.3, 0.4) is 0 Å². The van der Waals surface area contributed by atoms with E-state index in [-0.39, 0.29) is 12.5 Å². The van der Waals surface area contributed by atoms with Gasteiger partial charge in [-0.15, -0.1) is 0 Å². The van der Waals surface area contributed by atoms with Crippen LogP contribution in [0.1, 0.15) is 5.56 Å². The van der Waals surface area contributed by atoms with Gasteiger partial charge in [0, 0.05) is 6.54 Å². The zero-order valence-corrected chi connectivity index (χ0v) is 11.0. The van der Waals surface area contributed by atoms with Crippen LogP contribution in [-0.4, -0.2) is 30.2 Å². The van der Waals surface area contributed by atoms with Crippen LogP contribution < -0.4 is 10.7 Å². The van der Waals surface area contributed by atoms with Gasteiger partial charge in [0.25, 0.3) is 5.91 Å². The minimum atomic E-state index is -0.533. The summed E-state index contributed by atoms with van der Waals surface area (Å²) in [5.41, 5.74) is 1.34. The Labute approximate surface area is 119 Å². The number of hydrogen-bond donors (Lipinski definition) is 0. The highest BCUT2D eigenvalue weighted by atomic mass is 16.5. The van der Waals surface area contributed by atoms with Gasteiger partial charge in [0.05, 0.1) is 29.7 Å². The summed E-state index contributed by atoms with van der Waals surface area (Å²) in [4.78, 5) is 24.9. The van der Waals surface area contributed by atoms with Crippen LogP contribution in [0.5, 0.6) is 0 Å². The van der Waals surface area contributed by atoms with Gasteiger partial charge < -0.3 is 14.1 Å². The van der Waals surface area contributed by atoms with Gasteiger partial charge in [-0.1, -0.05) is 0 Å². The molecule has 2 heterocycles. The molecule has 3 rings (SSSR count). The number of hydrogen-bond acceptors (Lipinski definition) is 5. The lowest BCUT2D eigenvalue weighted by atomic mass is 10.1. The Morgan fingerprint density at radius 3 is 2.81 bits per heavy atom. The number of carbonyl (C=O) groups is 1. The van der Waals surface area contributed by atoms with E-state index in [1.165, 1.54) is 21.9 Å². The molecule has 7 heteroatoms. The van der Waals surface area contributed by atoms with E-state index in [1.54, 1.807) is 18.2 Å². The number of nitriles is 1. The highest BCUT2D eigenvalue weighted by Gasteiger charge is 2.23. The smallest absolute Gasteiger partial charge is 0.416 e. The van der Waals surface area contributed by atoms with Crippen molar-refractivity contribution in [3.05, 3.63) is 46.8 Å². The number of ether oxygens (including phenoxy) is 1. The number of oxazole rings is 1. The second-order valence-corrected chi connectivity index (χ2v) is 4.45. The molecule has 1 aromatic carbocycles. The number of nitrogens with zero attached hydrogens (tertiary/aromatic N) is 3. The Morgan fingerprint density at radius 2 is 2.14 bits per heavy atom. The molecule has 1 aliphatic rings. The number of carbonyl (C=O) groups excluding carboxylic acids is 1. The molecule has 1 amide bonds. The molecule has 0 N–H and O–H groups in total. The monoisotopic (exact) mass is 285 g/mol. The van der Waals surface area contributed by atoms with E-state index in [1.807, 2.05) is 0 Å². The fraction of sp³-hybridized carbons (Fsp3) is 0.214. The predicted octanol–water partition coefficient (Wildman–Crippen LogP) is 0.665. The summed E-state index contributed by atoms with van der Waals surface area (Å²) in [5, 5.41) is 9.30. The average molecular weight is 285 g/mol. The van der Waals surface area contributed by atoms with E-state index < -0.39 is 5.76 Å². The van der Waals surface area contributed by atoms with Crippen molar-refractivity contribution < 1.29 is 13.9 Å². The molecular weight excluding hydrogens is 274 g/mol. The lowest BCUT2D eigenvalue weighted by molar-refractivity contribution is -0.125. The zero-order valence-electron chi connectivity index (χ0n) is 11.0. The van der Waals surface area contributed by atoms with Crippen LogP contribution in [-0.2, 0) is 9.53 Å². The maximum atomic E-state index is 11.9. The molecular formula is C14H11N3O4. The van der Waals surface area contributed by atoms with Gasteiger partial charge in [0.15, 0.2) is 0 Å². The molecule has 1 aliphatic heterocycles. The van der Waals surface area contributed by atoms with Crippen molar-refractivity contribution in [1.29, 1.82) is 5.26 Å². The van der Waals surface area contributed by atoms with E-state index in [0.29, 0.717) is 30.1 Å². The first-order valence-electron chi connectivity index (χ1n) is 6.29. The predicted molar refractivity (Wildman–Crippen MR) is 72.2 cm³/mol. The molecule has 1 fully saturated rings. The topological polar surface area (TPSA) is 88.5 Å². The van der Waals surface area contributed by atoms with E-state index in [2.05, 4.69) is 6.07 Å². The summed E-state index contributed by atoms with van der Waals surface area (Å²) in [5.74, 6) is -0.722. The highest BCUT2D eigenvalue weighted by Crippen LogP contribution is 2.24. The first-order valence-corrected chi connectivity index (χ1v) is 6.29. The van der Waals surface area contributed by atoms with E-state index in [4.69, 9.17) is 9.15 Å². The first kappa shape index (κ1) is 13.1. The second kappa shape index (κ2) is 5.26. The van der Waals surface area contributed by atoms with Crippen molar-refractivity contribution in [3.63, 3.8) is 0 Å². The molecule has 0 atom stereocenters. The second-order valence-electron chi connectivity index (χ2n) is 4.45. The van der Waals surface area contributed by atoms with E-state index in [0.717, 1.165) is 0 Å². The Bertz CT molecular complexity index is 784. The minimum Gasteiger partial charge on any atom is -0.416 e. The fourth-order valence-corrected chi connectivity index (χ4v) is 2.23. The van der Waals surface area contributed by atoms with Gasteiger partial charge in [-0.3, -0.25) is 4.79 Å². The van der Waals surface area contributed by atoms with Crippen molar-refractivity contribution in [2.24, 2.45) is 0 Å². The van der Waals surface area contributed by atoms with Crippen LogP contribution in [0.25, 0.3) is 5.69 Å². The maximum Gasteiger partial charge on any atom is 0.423 e. The largest absolute Gasteiger partial charge is 0.423 e. The molecule has 0 unspecified atom stereocenters. The van der Waals surface area contributed by atoms with Crippen molar-refractivity contribution in [1.82, 2.24) is 4.57 Å². The van der Waals surface area contributed by atoms with Crippen LogP contribution in [0.2, 0.25) is 0 Å². The molecule has 0 spiro atoms. The number of morpholine rings is 1. The normalized spacial score (nSPS) is 15.0. The Kier molecular flexibility index (Phi) is 3.30. The van der Waals surface area contributed by atoms with Gasteiger partial charge in [0.1, 0.15) is 18.9 Å². The number of anilines is 1. The summed E-state index contributed by atoms with van der Waals surface area (Å²) < 4.78 is 11.1. The highest BCUT2D eigenvalue weighted by molar-refractivity contribution is 5.96. The van der Waals surface area contributed by atoms with Crippen LogP contribution in [0, 0.1) is 11.3 Å². The van der Waals surface area contributed by atoms with Crippen molar-refractivity contribution >= 4 is 11.6 Å². The minimum absolute atomic E-state index is 0.00775. The third-order valence-corrected chi connectivity index (χ3v) is 3.23. The standard InChI is InChI=1S/C14H11N3O4/c15-8-10-7-11(16-4-6-21-14(16)19)1-2-12(10)17-3-5-20-9-13(17)18/h1-2,4,6-7H,3,5,9H2. The molecule has 2 aromatic rings. The quantitative estimate of drug-likeness (QED) is 0.809. The first-order chi connectivity index (χ1) is 10.2. The maximum absolute atomic E-state index is 11.9. The third kappa shape index (κ3) is 2.32. The Hall–Kier alpha value is -2.85. The summed E-state index contributed by atoms with van der Waals surface area (Å²) in [6.07, 6.45) is 2.74. The summed E-state index contributed by atoms with van der Waals surface area (Å²) >= 11 is 0. The van der Waals surface area contributed by atoms with E-state index >= 15 is 0 Å². The molecule has 0 radical (unpaired) electrons. The van der Waals surface area contributed by atoms with Gasteiger partial charge in [-0.2, -0.15) is 5.26 Å². The third-order valence-electron chi connectivity index (χ3n) is 3.23. The Balaban J connectivity index is 2.04. The average Bonchev–Trinajstić information content (AvgIpc) is 2.93. The van der Waals surface area contributed by atoms with Crippen molar-refractivity contribution in [3.8, 4) is 11.8 Å². The molecule has 1 aromatic heterocycles. The molecule has 0 aliphatic carbocycles. The molecule has 0 saturated carbocycles. The zero-order chi connectivity index (χ0) is 14.8. The molecule has 1 saturated heterocycles. The molecule has 0 bridgehead atoms. The number of amides is 1. The number of benzene rings is 1. The molecule has 106 valence electrons. The van der Waals surface area contributed by atoms with Crippen LogP contribution >= 0.6 is 0 Å². The number of aromatic nitrogens is 1. The van der Waals surface area contributed by atoms with Crippen LogP contribution in [0.15, 0.2) is 39.9 Å². The molecule has 21 heavy (non-hydrogen) atoms. The van der Waals surface area contributed by atoms with Crippen LogP contribution in [0.4, 0.5) is 5.69 Å². The lowest BCUT2D eigenvalue weighted by Crippen LogP contribution is -2.42. The number of rotatable bonds is 2. The van der Waals surface area contributed by atoms with E-state index in [9.17, 15) is 14.9 Å². The molecule has 7 nitrogen and oxygen atoms in total. The summed E-state index contributed by atoms with van der Waals surface area (Å²) in [7, 11) is 0. The van der Waals surface area contributed by atoms with Gasteiger partial charge in [-0.25, -0.2) is 9.36 Å². The van der Waals surface area contributed by atoms with Gasteiger partial charge >= 0.3 is 5.76 Å². The lowest BCUT2D eigenvalue weighted by Gasteiger charge is -2.27. The fourth-order valence-electron chi connectivity index (χ4n) is 2.23. The van der Waals surface area contributed by atoms with Gasteiger partial charge in [0.2, 0.25) is 0 Å². The summed E-state index contributed by atoms with van der Waals surface area (Å²) in [6.45, 7) is 0.839. The SMILES string of the molecule is N#Cc1cc(-n2ccoc2=O)ccc1N1CCOCC1=O. The van der Waals surface area contributed by atoms with Gasteiger partial charge in [-0.05, 0) is 18.2 Å².